The van der Waals surface area contributed by atoms with E-state index < -0.39 is 0 Å². The van der Waals surface area contributed by atoms with E-state index >= 15 is 0 Å². The van der Waals surface area contributed by atoms with Crippen molar-refractivity contribution in [2.45, 2.75) is 17.3 Å². The van der Waals surface area contributed by atoms with E-state index in [9.17, 15) is 0 Å². The van der Waals surface area contributed by atoms with Gasteiger partial charge < -0.3 is 15.0 Å². The van der Waals surface area contributed by atoms with Gasteiger partial charge in [0.2, 0.25) is 0 Å². The molecule has 6 heteroatoms. The molecule has 4 heterocycles. The molecule has 2 atom stereocenters. The van der Waals surface area contributed by atoms with Gasteiger partial charge in [0.25, 0.3) is 0 Å². The van der Waals surface area contributed by atoms with Crippen LogP contribution in [0.2, 0.25) is 0 Å². The van der Waals surface area contributed by atoms with E-state index in [2.05, 4.69) is 54.4 Å². The van der Waals surface area contributed by atoms with Crippen molar-refractivity contribution in [3.8, 4) is 28.1 Å². The van der Waals surface area contributed by atoms with Crippen LogP contribution in [0.5, 0.6) is 5.75 Å². The first kappa shape index (κ1) is 18.3. The van der Waals surface area contributed by atoms with Gasteiger partial charge >= 0.3 is 0 Å². The fourth-order valence-corrected chi connectivity index (χ4v) is 4.54. The van der Waals surface area contributed by atoms with Crippen LogP contribution in [0.3, 0.4) is 0 Å². The predicted molar refractivity (Wildman–Crippen MR) is 119 cm³/mol. The zero-order chi connectivity index (χ0) is 19.6. The second-order valence-corrected chi connectivity index (χ2v) is 8.56. The summed E-state index contributed by atoms with van der Waals surface area (Å²) in [5.41, 5.74) is 6.15. The maximum atomic E-state index is 6.22. The standard InChI is InChI=1S/C23H21BrN4O/c24-16-11-17(27-12-16)14-29-20-13-25-10-8-18(20)22-21(15-5-2-1-3-6-15)23-19(28-22)7-4-9-26-23/h1-10,13,16-17,27-28H,11-12,14H2/t16-,17-/m0/s1. The van der Waals surface area contributed by atoms with Gasteiger partial charge in [0, 0.05) is 40.9 Å². The summed E-state index contributed by atoms with van der Waals surface area (Å²) in [5, 5.41) is 3.48. The number of ether oxygens (including phenoxy) is 1. The normalized spacial score (nSPS) is 18.9. The van der Waals surface area contributed by atoms with Crippen LogP contribution in [0.1, 0.15) is 6.42 Å². The number of nitrogens with one attached hydrogen (secondary N) is 2. The third kappa shape index (κ3) is 3.66. The summed E-state index contributed by atoms with van der Waals surface area (Å²) in [6.45, 7) is 1.58. The van der Waals surface area contributed by atoms with Gasteiger partial charge in [-0.25, -0.2) is 0 Å². The molecule has 1 aliphatic rings. The van der Waals surface area contributed by atoms with Crippen molar-refractivity contribution in [2.24, 2.45) is 0 Å². The molecule has 0 saturated carbocycles. The number of rotatable bonds is 5. The molecule has 0 amide bonds. The minimum absolute atomic E-state index is 0.338. The first-order chi connectivity index (χ1) is 14.3. The lowest BCUT2D eigenvalue weighted by atomic mass is 10.0. The number of pyridine rings is 2. The fourth-order valence-electron chi connectivity index (χ4n) is 3.90. The predicted octanol–water partition coefficient (Wildman–Crippen LogP) is 4.80. The summed E-state index contributed by atoms with van der Waals surface area (Å²) in [7, 11) is 0. The summed E-state index contributed by atoms with van der Waals surface area (Å²) >= 11 is 3.67. The number of hydrogen-bond donors (Lipinski definition) is 2. The Balaban J connectivity index is 1.58. The molecule has 4 aromatic rings. The minimum Gasteiger partial charge on any atom is -0.490 e. The Morgan fingerprint density at radius 3 is 2.79 bits per heavy atom. The molecule has 0 aliphatic carbocycles. The highest BCUT2D eigenvalue weighted by atomic mass is 79.9. The largest absolute Gasteiger partial charge is 0.490 e. The SMILES string of the molecule is Br[C@@H]1CN[C@H](COc2cnccc2-c2[nH]c3cccnc3c2-c2ccccc2)C1. The monoisotopic (exact) mass is 448 g/mol. The average molecular weight is 449 g/mol. The highest BCUT2D eigenvalue weighted by Gasteiger charge is 2.23. The van der Waals surface area contributed by atoms with Crippen LogP contribution in [0.4, 0.5) is 0 Å². The molecule has 1 saturated heterocycles. The Morgan fingerprint density at radius 1 is 1.07 bits per heavy atom. The smallest absolute Gasteiger partial charge is 0.146 e. The lowest BCUT2D eigenvalue weighted by Crippen LogP contribution is -2.28. The van der Waals surface area contributed by atoms with Crippen molar-refractivity contribution in [1.29, 1.82) is 0 Å². The summed E-state index contributed by atoms with van der Waals surface area (Å²) in [4.78, 5) is 13.0. The Labute approximate surface area is 177 Å². The van der Waals surface area contributed by atoms with Crippen LogP contribution in [-0.2, 0) is 0 Å². The lowest BCUT2D eigenvalue weighted by Gasteiger charge is -2.15. The first-order valence-electron chi connectivity index (χ1n) is 9.76. The molecule has 0 spiro atoms. The van der Waals surface area contributed by atoms with Crippen molar-refractivity contribution < 1.29 is 4.74 Å². The van der Waals surface area contributed by atoms with Gasteiger partial charge in [-0.05, 0) is 30.2 Å². The third-order valence-corrected chi connectivity index (χ3v) is 5.98. The maximum Gasteiger partial charge on any atom is 0.146 e. The number of alkyl halides is 1. The number of hydrogen-bond acceptors (Lipinski definition) is 4. The molecule has 29 heavy (non-hydrogen) atoms. The molecule has 1 aliphatic heterocycles. The highest BCUT2D eigenvalue weighted by molar-refractivity contribution is 9.09. The Hall–Kier alpha value is -2.70. The second kappa shape index (κ2) is 7.97. The van der Waals surface area contributed by atoms with E-state index in [4.69, 9.17) is 4.74 Å². The molecule has 5 nitrogen and oxygen atoms in total. The van der Waals surface area contributed by atoms with Gasteiger partial charge in [0.1, 0.15) is 12.4 Å². The van der Waals surface area contributed by atoms with Crippen molar-refractivity contribution in [1.82, 2.24) is 20.3 Å². The van der Waals surface area contributed by atoms with Crippen molar-refractivity contribution >= 4 is 27.0 Å². The van der Waals surface area contributed by atoms with Crippen molar-refractivity contribution in [3.05, 3.63) is 67.1 Å². The summed E-state index contributed by atoms with van der Waals surface area (Å²) < 4.78 is 6.22. The molecule has 3 aromatic heterocycles. The molecular weight excluding hydrogens is 428 g/mol. The molecule has 0 unspecified atom stereocenters. The molecule has 1 fully saturated rings. The highest BCUT2D eigenvalue weighted by Crippen LogP contribution is 2.40. The van der Waals surface area contributed by atoms with Gasteiger partial charge in [-0.1, -0.05) is 46.3 Å². The number of aromatic nitrogens is 3. The number of benzene rings is 1. The topological polar surface area (TPSA) is 62.8 Å². The molecule has 1 aromatic carbocycles. The van der Waals surface area contributed by atoms with E-state index in [1.54, 1.807) is 12.4 Å². The van der Waals surface area contributed by atoms with Gasteiger partial charge in [0.15, 0.2) is 0 Å². The number of H-pyrrole nitrogens is 1. The Morgan fingerprint density at radius 2 is 1.97 bits per heavy atom. The van der Waals surface area contributed by atoms with Crippen LogP contribution < -0.4 is 10.1 Å². The van der Waals surface area contributed by atoms with Crippen LogP contribution in [0, 0.1) is 0 Å². The van der Waals surface area contributed by atoms with E-state index in [0.717, 1.165) is 52.1 Å². The van der Waals surface area contributed by atoms with E-state index in [0.29, 0.717) is 17.5 Å². The van der Waals surface area contributed by atoms with Crippen molar-refractivity contribution in [2.75, 3.05) is 13.2 Å². The minimum atomic E-state index is 0.338. The third-order valence-electron chi connectivity index (χ3n) is 5.28. The maximum absolute atomic E-state index is 6.22. The lowest BCUT2D eigenvalue weighted by molar-refractivity contribution is 0.277. The quantitative estimate of drug-likeness (QED) is 0.430. The summed E-state index contributed by atoms with van der Waals surface area (Å²) in [5.74, 6) is 0.774. The fraction of sp³-hybridized carbons (Fsp3) is 0.217. The number of fused-ring (bicyclic) bond motifs is 1. The van der Waals surface area contributed by atoms with Gasteiger partial charge in [-0.15, -0.1) is 0 Å². The number of aromatic amines is 1. The molecule has 5 rings (SSSR count). The zero-order valence-electron chi connectivity index (χ0n) is 15.8. The van der Waals surface area contributed by atoms with E-state index in [1.807, 2.05) is 36.5 Å². The Bertz CT molecular complexity index is 1130. The van der Waals surface area contributed by atoms with Crippen molar-refractivity contribution in [3.63, 3.8) is 0 Å². The average Bonchev–Trinajstić information content (AvgIpc) is 3.36. The van der Waals surface area contributed by atoms with Gasteiger partial charge in [-0.3, -0.25) is 9.97 Å². The van der Waals surface area contributed by atoms with Crippen LogP contribution in [-0.4, -0.2) is 39.0 Å². The van der Waals surface area contributed by atoms with Gasteiger partial charge in [-0.2, -0.15) is 0 Å². The molecular formula is C23H21BrN4O. The summed E-state index contributed by atoms with van der Waals surface area (Å²) in [6, 6.07) is 16.7. The zero-order valence-corrected chi connectivity index (χ0v) is 17.4. The van der Waals surface area contributed by atoms with E-state index in [1.165, 1.54) is 0 Å². The molecule has 146 valence electrons. The Kier molecular flexibility index (Phi) is 5.04. The molecule has 2 N–H and O–H groups in total. The number of halogens is 1. The first-order valence-corrected chi connectivity index (χ1v) is 10.7. The van der Waals surface area contributed by atoms with Gasteiger partial charge in [0.05, 0.1) is 22.9 Å². The van der Waals surface area contributed by atoms with E-state index in [-0.39, 0.29) is 0 Å². The van der Waals surface area contributed by atoms with Crippen LogP contribution in [0.15, 0.2) is 67.1 Å². The van der Waals surface area contributed by atoms with Crippen LogP contribution >= 0.6 is 15.9 Å². The second-order valence-electron chi connectivity index (χ2n) is 7.26. The number of nitrogens with zero attached hydrogens (tertiary/aromatic N) is 2. The molecule has 0 bridgehead atoms. The molecule has 0 radical (unpaired) electrons. The summed E-state index contributed by atoms with van der Waals surface area (Å²) in [6.07, 6.45) is 6.49. The van der Waals surface area contributed by atoms with Crippen LogP contribution in [0.25, 0.3) is 33.4 Å².